The Labute approximate surface area is 128 Å². The van der Waals surface area contributed by atoms with E-state index in [1.165, 1.54) is 24.3 Å². The van der Waals surface area contributed by atoms with Crippen LogP contribution in [0.4, 0.5) is 0 Å². The van der Waals surface area contributed by atoms with Crippen LogP contribution in [0, 0.1) is 13.8 Å². The van der Waals surface area contributed by atoms with E-state index in [0.717, 1.165) is 11.4 Å². The standard InChI is InChI=1S/C16H17N3O3/c1-10-9-11(2)19-14(18-10)7-8-17-15(20)12-3-5-13(6-4-12)16(21)22/h3-6,9H,7-8H2,1-2H3,(H,17,20)(H,21,22). The number of amides is 1. The summed E-state index contributed by atoms with van der Waals surface area (Å²) in [6, 6.07) is 7.69. The van der Waals surface area contributed by atoms with Crippen LogP contribution in [0.15, 0.2) is 30.3 Å². The van der Waals surface area contributed by atoms with Crippen molar-refractivity contribution in [1.82, 2.24) is 15.3 Å². The number of aromatic nitrogens is 2. The van der Waals surface area contributed by atoms with E-state index < -0.39 is 5.97 Å². The zero-order valence-electron chi connectivity index (χ0n) is 12.5. The van der Waals surface area contributed by atoms with Gasteiger partial charge in [0, 0.05) is 29.9 Å². The van der Waals surface area contributed by atoms with Crippen molar-refractivity contribution in [1.29, 1.82) is 0 Å². The van der Waals surface area contributed by atoms with E-state index in [4.69, 9.17) is 5.11 Å². The first kappa shape index (κ1) is 15.6. The topological polar surface area (TPSA) is 92.2 Å². The van der Waals surface area contributed by atoms with Crippen LogP contribution in [-0.4, -0.2) is 33.5 Å². The van der Waals surface area contributed by atoms with Gasteiger partial charge in [0.15, 0.2) is 0 Å². The van der Waals surface area contributed by atoms with Gasteiger partial charge in [0.2, 0.25) is 0 Å². The molecule has 2 aromatic rings. The molecule has 0 aliphatic carbocycles. The van der Waals surface area contributed by atoms with E-state index in [9.17, 15) is 9.59 Å². The molecule has 0 unspecified atom stereocenters. The third-order valence-corrected chi connectivity index (χ3v) is 3.06. The van der Waals surface area contributed by atoms with Crippen molar-refractivity contribution in [3.63, 3.8) is 0 Å². The molecule has 0 saturated carbocycles. The molecule has 114 valence electrons. The number of carboxylic acids is 1. The largest absolute Gasteiger partial charge is 0.478 e. The van der Waals surface area contributed by atoms with E-state index in [1.807, 2.05) is 19.9 Å². The molecule has 1 amide bonds. The summed E-state index contributed by atoms with van der Waals surface area (Å²) >= 11 is 0. The summed E-state index contributed by atoms with van der Waals surface area (Å²) in [6.45, 7) is 4.23. The van der Waals surface area contributed by atoms with Gasteiger partial charge < -0.3 is 10.4 Å². The van der Waals surface area contributed by atoms with Crippen molar-refractivity contribution in [3.8, 4) is 0 Å². The highest BCUT2D eigenvalue weighted by Crippen LogP contribution is 2.05. The van der Waals surface area contributed by atoms with Crippen LogP contribution in [-0.2, 0) is 6.42 Å². The molecule has 0 atom stereocenters. The van der Waals surface area contributed by atoms with Crippen molar-refractivity contribution >= 4 is 11.9 Å². The van der Waals surface area contributed by atoms with Gasteiger partial charge in [0.25, 0.3) is 5.91 Å². The van der Waals surface area contributed by atoms with Crippen LogP contribution in [0.3, 0.4) is 0 Å². The van der Waals surface area contributed by atoms with Crippen LogP contribution in [0.5, 0.6) is 0 Å². The van der Waals surface area contributed by atoms with Gasteiger partial charge in [-0.15, -0.1) is 0 Å². The predicted molar refractivity (Wildman–Crippen MR) is 80.9 cm³/mol. The van der Waals surface area contributed by atoms with Crippen molar-refractivity contribution in [2.45, 2.75) is 20.3 Å². The number of hydrogen-bond donors (Lipinski definition) is 2. The Morgan fingerprint density at radius 1 is 1.05 bits per heavy atom. The number of carbonyl (C=O) groups excluding carboxylic acids is 1. The minimum absolute atomic E-state index is 0.153. The van der Waals surface area contributed by atoms with Gasteiger partial charge in [-0.05, 0) is 44.2 Å². The maximum Gasteiger partial charge on any atom is 0.335 e. The molecule has 0 aliphatic heterocycles. The second-order valence-electron chi connectivity index (χ2n) is 4.96. The molecule has 1 heterocycles. The number of aryl methyl sites for hydroxylation is 2. The smallest absolute Gasteiger partial charge is 0.335 e. The fraction of sp³-hybridized carbons (Fsp3) is 0.250. The maximum absolute atomic E-state index is 12.0. The Morgan fingerprint density at radius 3 is 2.14 bits per heavy atom. The lowest BCUT2D eigenvalue weighted by Gasteiger charge is -2.06. The number of hydrogen-bond acceptors (Lipinski definition) is 4. The second-order valence-corrected chi connectivity index (χ2v) is 4.96. The fourth-order valence-electron chi connectivity index (χ4n) is 2.06. The molecule has 6 heteroatoms. The average molecular weight is 299 g/mol. The number of rotatable bonds is 5. The predicted octanol–water partition coefficient (Wildman–Crippen LogP) is 1.76. The Bertz CT molecular complexity index is 676. The summed E-state index contributed by atoms with van der Waals surface area (Å²) < 4.78 is 0. The van der Waals surface area contributed by atoms with Gasteiger partial charge in [-0.25, -0.2) is 14.8 Å². The third kappa shape index (κ3) is 4.12. The molecule has 0 spiro atoms. The van der Waals surface area contributed by atoms with Gasteiger partial charge in [0.1, 0.15) is 5.82 Å². The minimum atomic E-state index is -1.01. The van der Waals surface area contributed by atoms with Gasteiger partial charge in [-0.3, -0.25) is 4.79 Å². The van der Waals surface area contributed by atoms with Crippen LogP contribution >= 0.6 is 0 Å². The lowest BCUT2D eigenvalue weighted by molar-refractivity contribution is 0.0696. The normalized spacial score (nSPS) is 10.3. The highest BCUT2D eigenvalue weighted by atomic mass is 16.4. The zero-order chi connectivity index (χ0) is 16.1. The molecule has 0 bridgehead atoms. The fourth-order valence-corrected chi connectivity index (χ4v) is 2.06. The summed E-state index contributed by atoms with van der Waals surface area (Å²) in [5, 5.41) is 11.6. The number of nitrogens with one attached hydrogen (secondary N) is 1. The first-order valence-electron chi connectivity index (χ1n) is 6.88. The van der Waals surface area contributed by atoms with Crippen LogP contribution < -0.4 is 5.32 Å². The quantitative estimate of drug-likeness (QED) is 0.877. The number of carbonyl (C=O) groups is 2. The van der Waals surface area contributed by atoms with Gasteiger partial charge >= 0.3 is 5.97 Å². The van der Waals surface area contributed by atoms with Crippen molar-refractivity contribution < 1.29 is 14.7 Å². The third-order valence-electron chi connectivity index (χ3n) is 3.06. The van der Waals surface area contributed by atoms with Gasteiger partial charge in [-0.2, -0.15) is 0 Å². The molecule has 0 fully saturated rings. The van der Waals surface area contributed by atoms with Gasteiger partial charge in [0.05, 0.1) is 5.56 Å². The Hall–Kier alpha value is -2.76. The first-order chi connectivity index (χ1) is 10.5. The Morgan fingerprint density at radius 2 is 1.59 bits per heavy atom. The zero-order valence-corrected chi connectivity index (χ0v) is 12.5. The minimum Gasteiger partial charge on any atom is -0.478 e. The van der Waals surface area contributed by atoms with Crippen LogP contribution in [0.1, 0.15) is 37.9 Å². The number of aromatic carboxylic acids is 1. The van der Waals surface area contributed by atoms with Crippen LogP contribution in [0.25, 0.3) is 0 Å². The van der Waals surface area contributed by atoms with Crippen molar-refractivity contribution in [2.75, 3.05) is 6.54 Å². The van der Waals surface area contributed by atoms with Crippen molar-refractivity contribution in [3.05, 3.63) is 58.7 Å². The highest BCUT2D eigenvalue weighted by molar-refractivity contribution is 5.95. The Kier molecular flexibility index (Phi) is 4.83. The van der Waals surface area contributed by atoms with Gasteiger partial charge in [-0.1, -0.05) is 0 Å². The second kappa shape index (κ2) is 6.80. The summed E-state index contributed by atoms with van der Waals surface area (Å²) in [4.78, 5) is 31.3. The van der Waals surface area contributed by atoms with E-state index >= 15 is 0 Å². The molecular weight excluding hydrogens is 282 g/mol. The van der Waals surface area contributed by atoms with E-state index in [1.54, 1.807) is 0 Å². The first-order valence-corrected chi connectivity index (χ1v) is 6.88. The molecule has 22 heavy (non-hydrogen) atoms. The van der Waals surface area contributed by atoms with E-state index in [0.29, 0.717) is 24.4 Å². The lowest BCUT2D eigenvalue weighted by atomic mass is 10.1. The maximum atomic E-state index is 12.0. The summed E-state index contributed by atoms with van der Waals surface area (Å²) in [5.41, 5.74) is 2.38. The average Bonchev–Trinajstić information content (AvgIpc) is 2.46. The SMILES string of the molecule is Cc1cc(C)nc(CCNC(=O)c2ccc(C(=O)O)cc2)n1. The van der Waals surface area contributed by atoms with Crippen LogP contribution in [0.2, 0.25) is 0 Å². The molecule has 0 saturated heterocycles. The summed E-state index contributed by atoms with van der Waals surface area (Å²) in [7, 11) is 0. The molecule has 2 N–H and O–H groups in total. The highest BCUT2D eigenvalue weighted by Gasteiger charge is 2.08. The number of benzene rings is 1. The molecule has 2 rings (SSSR count). The molecule has 1 aromatic carbocycles. The number of nitrogens with zero attached hydrogens (tertiary/aromatic N) is 2. The summed E-state index contributed by atoms with van der Waals surface area (Å²) in [5.74, 6) is -0.570. The van der Waals surface area contributed by atoms with Crippen molar-refractivity contribution in [2.24, 2.45) is 0 Å². The van der Waals surface area contributed by atoms with E-state index in [-0.39, 0.29) is 11.5 Å². The summed E-state index contributed by atoms with van der Waals surface area (Å²) in [6.07, 6.45) is 0.543. The molecule has 0 radical (unpaired) electrons. The number of carboxylic acid groups (broad SMARTS) is 1. The lowest BCUT2D eigenvalue weighted by Crippen LogP contribution is -2.26. The van der Waals surface area contributed by atoms with E-state index in [2.05, 4.69) is 15.3 Å². The molecular formula is C16H17N3O3. The Balaban J connectivity index is 1.91. The molecule has 1 aromatic heterocycles. The molecule has 6 nitrogen and oxygen atoms in total. The monoisotopic (exact) mass is 299 g/mol. The molecule has 0 aliphatic rings.